The summed E-state index contributed by atoms with van der Waals surface area (Å²) in [6.07, 6.45) is -5.83. The fourth-order valence-electron chi connectivity index (χ4n) is 4.29. The quantitative estimate of drug-likeness (QED) is 0.176. The van der Waals surface area contributed by atoms with Crippen molar-refractivity contribution in [1.29, 1.82) is 0 Å². The van der Waals surface area contributed by atoms with E-state index in [4.69, 9.17) is 4.42 Å². The number of benzene rings is 2. The maximum Gasteiger partial charge on any atom is 0.389 e. The Hall–Kier alpha value is -4.01. The molecule has 0 aliphatic carbocycles. The van der Waals surface area contributed by atoms with Crippen LogP contribution < -0.4 is 5.32 Å². The van der Waals surface area contributed by atoms with Crippen LogP contribution in [0.4, 0.5) is 17.6 Å². The number of hydrogen-bond donors (Lipinski definition) is 1. The van der Waals surface area contributed by atoms with Gasteiger partial charge in [0.25, 0.3) is 5.91 Å². The van der Waals surface area contributed by atoms with Gasteiger partial charge in [-0.3, -0.25) is 9.59 Å². The first-order valence-electron chi connectivity index (χ1n) is 13.0. The summed E-state index contributed by atoms with van der Waals surface area (Å²) >= 11 is 0. The predicted octanol–water partition coefficient (Wildman–Crippen LogP) is 8.16. The zero-order valence-electron chi connectivity index (χ0n) is 22.7. The van der Waals surface area contributed by atoms with Crippen molar-refractivity contribution in [3.05, 3.63) is 77.2 Å². The third-order valence-electron chi connectivity index (χ3n) is 6.33. The molecule has 2 aromatic heterocycles. The molecule has 4 rings (SSSR count). The van der Waals surface area contributed by atoms with Gasteiger partial charge in [-0.25, -0.2) is 9.37 Å². The maximum absolute atomic E-state index is 13.6. The summed E-state index contributed by atoms with van der Waals surface area (Å²) < 4.78 is 59.2. The Morgan fingerprint density at radius 3 is 2.30 bits per heavy atom. The maximum atomic E-state index is 13.6. The van der Waals surface area contributed by atoms with Gasteiger partial charge >= 0.3 is 6.18 Å². The van der Waals surface area contributed by atoms with E-state index in [2.05, 4.69) is 10.3 Å². The number of Topliss-reactive ketones (excluding diaryl/α,β-unsaturated/α-hetero) is 1. The Bertz CT molecular complexity index is 1550. The van der Waals surface area contributed by atoms with Crippen molar-refractivity contribution in [2.45, 2.75) is 53.1 Å². The van der Waals surface area contributed by atoms with Gasteiger partial charge in [-0.05, 0) is 59.9 Å². The summed E-state index contributed by atoms with van der Waals surface area (Å²) in [4.78, 5) is 30.4. The molecule has 0 aliphatic rings. The first-order valence-corrected chi connectivity index (χ1v) is 13.0. The molecule has 1 amide bonds. The van der Waals surface area contributed by atoms with E-state index in [1.165, 1.54) is 24.3 Å². The highest BCUT2D eigenvalue weighted by molar-refractivity contribution is 6.12. The number of aromatic nitrogens is 1. The molecule has 0 bridgehead atoms. The summed E-state index contributed by atoms with van der Waals surface area (Å²) in [5.41, 5.74) is 1.83. The van der Waals surface area contributed by atoms with E-state index >= 15 is 0 Å². The highest BCUT2D eigenvalue weighted by atomic mass is 19.4. The van der Waals surface area contributed by atoms with Crippen molar-refractivity contribution in [1.82, 2.24) is 10.3 Å². The van der Waals surface area contributed by atoms with E-state index in [-0.39, 0.29) is 46.3 Å². The minimum absolute atomic E-state index is 0.0103. The SMILES string of the molecule is CCC(=O)c1c(-c2ccc(F)cc2)oc2nc(CCC(F)(F)F)c(-c3cccc(C(=O)NCC(C)(C)C)c3)cc12. The van der Waals surface area contributed by atoms with Crippen LogP contribution in [0, 0.1) is 11.2 Å². The molecule has 1 N–H and O–H groups in total. The van der Waals surface area contributed by atoms with Crippen LogP contribution in [-0.2, 0) is 6.42 Å². The number of ketones is 1. The molecule has 9 heteroatoms. The summed E-state index contributed by atoms with van der Waals surface area (Å²) in [6.45, 7) is 8.07. The van der Waals surface area contributed by atoms with Crippen LogP contribution in [-0.4, -0.2) is 29.4 Å². The average Bonchev–Trinajstić information content (AvgIpc) is 3.27. The van der Waals surface area contributed by atoms with Gasteiger partial charge in [0.2, 0.25) is 5.71 Å². The van der Waals surface area contributed by atoms with Gasteiger partial charge in [0.1, 0.15) is 11.6 Å². The first kappa shape index (κ1) is 29.0. The molecule has 0 saturated heterocycles. The molecule has 40 heavy (non-hydrogen) atoms. The fraction of sp³-hybridized carbons (Fsp3) is 0.323. The summed E-state index contributed by atoms with van der Waals surface area (Å²) in [5, 5.41) is 3.21. The third kappa shape index (κ3) is 6.76. The molecule has 0 saturated carbocycles. The molecular formula is C31H30F4N2O3. The Labute approximate surface area is 229 Å². The van der Waals surface area contributed by atoms with Crippen molar-refractivity contribution in [3.63, 3.8) is 0 Å². The Kier molecular flexibility index (Phi) is 8.14. The van der Waals surface area contributed by atoms with E-state index in [0.717, 1.165) is 0 Å². The van der Waals surface area contributed by atoms with Crippen molar-refractivity contribution < 1.29 is 31.6 Å². The zero-order valence-corrected chi connectivity index (χ0v) is 22.7. The standard InChI is InChI=1S/C31H30F4N2O3/c1-5-25(38)26-23-16-22(19-7-6-8-20(15-19)28(39)36-17-30(2,3)4)24(13-14-31(33,34)35)37-29(23)40-27(26)18-9-11-21(32)12-10-18/h6-12,15-16H,5,13-14,17H2,1-4H3,(H,36,39). The van der Waals surface area contributed by atoms with Gasteiger partial charge in [0.15, 0.2) is 5.78 Å². The minimum atomic E-state index is -4.42. The molecule has 5 nitrogen and oxygen atoms in total. The summed E-state index contributed by atoms with van der Waals surface area (Å²) in [5.74, 6) is -0.872. The number of pyridine rings is 1. The molecule has 0 atom stereocenters. The molecule has 4 aromatic rings. The number of carbonyl (C=O) groups is 2. The Balaban J connectivity index is 1.89. The number of nitrogens with one attached hydrogen (secondary N) is 1. The first-order chi connectivity index (χ1) is 18.8. The number of amides is 1. The van der Waals surface area contributed by atoms with Gasteiger partial charge in [-0.1, -0.05) is 39.8 Å². The van der Waals surface area contributed by atoms with E-state index in [1.807, 2.05) is 20.8 Å². The number of alkyl halides is 3. The Morgan fingerprint density at radius 1 is 0.975 bits per heavy atom. The molecule has 0 spiro atoms. The van der Waals surface area contributed by atoms with Crippen molar-refractivity contribution in [2.75, 3.05) is 6.54 Å². The lowest BCUT2D eigenvalue weighted by Crippen LogP contribution is -2.32. The predicted molar refractivity (Wildman–Crippen MR) is 146 cm³/mol. The van der Waals surface area contributed by atoms with Crippen LogP contribution in [0.3, 0.4) is 0 Å². The van der Waals surface area contributed by atoms with Crippen LogP contribution in [0.1, 0.15) is 66.9 Å². The van der Waals surface area contributed by atoms with Crippen LogP contribution in [0.2, 0.25) is 0 Å². The second-order valence-corrected chi connectivity index (χ2v) is 10.9. The highest BCUT2D eigenvalue weighted by Crippen LogP contribution is 2.38. The lowest BCUT2D eigenvalue weighted by Gasteiger charge is -2.19. The van der Waals surface area contributed by atoms with Crippen molar-refractivity contribution in [2.24, 2.45) is 5.41 Å². The van der Waals surface area contributed by atoms with Gasteiger partial charge in [0.05, 0.1) is 16.6 Å². The Morgan fingerprint density at radius 2 is 1.68 bits per heavy atom. The van der Waals surface area contributed by atoms with E-state index in [9.17, 15) is 27.2 Å². The van der Waals surface area contributed by atoms with Crippen LogP contribution in [0.25, 0.3) is 33.6 Å². The number of rotatable bonds is 8. The smallest absolute Gasteiger partial charge is 0.389 e. The minimum Gasteiger partial charge on any atom is -0.437 e. The lowest BCUT2D eigenvalue weighted by molar-refractivity contribution is -0.134. The topological polar surface area (TPSA) is 72.2 Å². The number of carbonyl (C=O) groups excluding carboxylic acids is 2. The van der Waals surface area contributed by atoms with Gasteiger partial charge in [-0.2, -0.15) is 13.2 Å². The molecule has 2 aromatic carbocycles. The third-order valence-corrected chi connectivity index (χ3v) is 6.33. The lowest BCUT2D eigenvalue weighted by atomic mass is 9.95. The number of halogens is 4. The van der Waals surface area contributed by atoms with Crippen LogP contribution >= 0.6 is 0 Å². The summed E-state index contributed by atoms with van der Waals surface area (Å²) in [6, 6.07) is 13.5. The molecule has 0 fully saturated rings. The van der Waals surface area contributed by atoms with Crippen LogP contribution in [0.5, 0.6) is 0 Å². The van der Waals surface area contributed by atoms with E-state index in [1.54, 1.807) is 37.3 Å². The number of fused-ring (bicyclic) bond motifs is 1. The molecular weight excluding hydrogens is 524 g/mol. The van der Waals surface area contributed by atoms with Gasteiger partial charge < -0.3 is 9.73 Å². The average molecular weight is 555 g/mol. The van der Waals surface area contributed by atoms with Crippen molar-refractivity contribution in [3.8, 4) is 22.5 Å². The van der Waals surface area contributed by atoms with Gasteiger partial charge in [-0.15, -0.1) is 0 Å². The van der Waals surface area contributed by atoms with Crippen LogP contribution in [0.15, 0.2) is 59.0 Å². The van der Waals surface area contributed by atoms with E-state index in [0.29, 0.717) is 34.2 Å². The summed E-state index contributed by atoms with van der Waals surface area (Å²) in [7, 11) is 0. The molecule has 0 unspecified atom stereocenters. The molecule has 0 aliphatic heterocycles. The molecule has 210 valence electrons. The second kappa shape index (κ2) is 11.2. The van der Waals surface area contributed by atoms with E-state index < -0.39 is 24.8 Å². The monoisotopic (exact) mass is 554 g/mol. The molecule has 0 radical (unpaired) electrons. The normalized spacial score (nSPS) is 12.1. The van der Waals surface area contributed by atoms with Crippen molar-refractivity contribution >= 4 is 22.8 Å². The number of furan rings is 1. The fourth-order valence-corrected chi connectivity index (χ4v) is 4.29. The van der Waals surface area contributed by atoms with Gasteiger partial charge in [0, 0.05) is 36.1 Å². The number of hydrogen-bond acceptors (Lipinski definition) is 4. The number of nitrogens with zero attached hydrogens (tertiary/aromatic N) is 1. The number of aryl methyl sites for hydroxylation is 1. The highest BCUT2D eigenvalue weighted by Gasteiger charge is 2.29. The largest absolute Gasteiger partial charge is 0.437 e. The zero-order chi connectivity index (χ0) is 29.2. The molecule has 2 heterocycles. The second-order valence-electron chi connectivity index (χ2n) is 10.9.